The summed E-state index contributed by atoms with van der Waals surface area (Å²) < 4.78 is 15.0. The van der Waals surface area contributed by atoms with Gasteiger partial charge in [0.2, 0.25) is 17.2 Å². The van der Waals surface area contributed by atoms with Gasteiger partial charge in [-0.3, -0.25) is 24.0 Å². The van der Waals surface area contributed by atoms with Gasteiger partial charge in [0.1, 0.15) is 17.7 Å². The molecule has 6 N–H and O–H groups in total. The summed E-state index contributed by atoms with van der Waals surface area (Å²) in [6.45, 7) is 2.30. The van der Waals surface area contributed by atoms with E-state index in [2.05, 4.69) is 15.9 Å². The van der Waals surface area contributed by atoms with Crippen LogP contribution in [0, 0.1) is 32.0 Å². The van der Waals surface area contributed by atoms with Crippen LogP contribution in [-0.2, 0) is 25.7 Å². The monoisotopic (exact) mass is 637 g/mol. The van der Waals surface area contributed by atoms with E-state index in [9.17, 15) is 44.1 Å². The number of amides is 1. The van der Waals surface area contributed by atoms with E-state index < -0.39 is 96.9 Å². The number of nitrogens with two attached hydrogens (primary N) is 1. The van der Waals surface area contributed by atoms with Gasteiger partial charge < -0.3 is 26.0 Å². The number of carbonyl (C=O) groups excluding carboxylic acids is 2. The predicted molar refractivity (Wildman–Crippen MR) is 161 cm³/mol. The van der Waals surface area contributed by atoms with Crippen molar-refractivity contribution in [2.45, 2.75) is 57.7 Å². The Kier molecular flexibility index (Phi) is 11.1. The first kappa shape index (κ1) is 35.0. The number of carboxylic acids is 3. The fourth-order valence-electron chi connectivity index (χ4n) is 5.01. The number of Topliss-reactive ketones (excluding diaryl/α,β-unsaturated/α-hetero) is 1. The number of carboxylic acid groups (broad SMARTS) is 3. The predicted octanol–water partition coefficient (Wildman–Crippen LogP) is 1.62. The maximum atomic E-state index is 15.0. The van der Waals surface area contributed by atoms with Crippen molar-refractivity contribution >= 4 is 40.5 Å². The molecular weight excluding hydrogens is 605 g/mol. The van der Waals surface area contributed by atoms with Crippen LogP contribution in [-0.4, -0.2) is 83.0 Å². The zero-order valence-corrected chi connectivity index (χ0v) is 24.9. The zero-order valence-electron chi connectivity index (χ0n) is 24.9. The van der Waals surface area contributed by atoms with Gasteiger partial charge in [0.15, 0.2) is 0 Å². The Morgan fingerprint density at radius 1 is 1.11 bits per heavy atom. The second kappa shape index (κ2) is 14.5. The number of hydrogen-bond acceptors (Lipinski definition) is 9. The Labute approximate surface area is 261 Å². The quantitative estimate of drug-likeness (QED) is 0.0694. The normalized spacial score (nSPS) is 13.0. The molecule has 3 aromatic rings. The number of ketones is 1. The van der Waals surface area contributed by atoms with E-state index >= 15 is 4.39 Å². The maximum absolute atomic E-state index is 15.0. The first-order valence-electron chi connectivity index (χ1n) is 13.9. The van der Waals surface area contributed by atoms with Crippen LogP contribution in [0.4, 0.5) is 4.39 Å². The Morgan fingerprint density at radius 2 is 1.78 bits per heavy atom. The molecule has 2 aromatic carbocycles. The molecule has 0 unspecified atom stereocenters. The standard InChI is InChI=1S/C31H32FN5O9/c1-4-13-36(16-19-15-21-24(14-17(19)2)34-18(3)35-28(21)42)37(25(38)10-9-23(33)29(43)44)31(30(45)46,12-11-26(39)40)27(41)20-7-5-6-8-22(20)32/h1,5-8,14-15,23H,9-13,16,33H2,2-3H3,(H,39,40)(H,43,44)(H,45,46)(H,34,35,42)/t23-,31-/m0/s1. The number of carbonyl (C=O) groups is 5. The molecule has 0 bridgehead atoms. The summed E-state index contributed by atoms with van der Waals surface area (Å²) >= 11 is 0. The second-order valence-electron chi connectivity index (χ2n) is 10.5. The highest BCUT2D eigenvalue weighted by Gasteiger charge is 2.56. The van der Waals surface area contributed by atoms with Crippen molar-refractivity contribution < 1.29 is 43.7 Å². The van der Waals surface area contributed by atoms with Crippen molar-refractivity contribution in [3.05, 3.63) is 75.1 Å². The molecule has 0 aliphatic carbocycles. The number of H-pyrrole nitrogens is 1. The third kappa shape index (κ3) is 7.42. The SMILES string of the molecule is C#CCN(Cc1cc2c(=O)[nH]c(C)nc2cc1C)N(C(=O)CC[C@H](N)C(=O)O)[C@](CCC(=O)O)(C(=O)O)C(=O)c1ccccc1F. The fraction of sp³-hybridized carbons (Fsp3) is 0.323. The molecule has 0 fully saturated rings. The van der Waals surface area contributed by atoms with Crippen LogP contribution in [0.3, 0.4) is 0 Å². The van der Waals surface area contributed by atoms with Crippen LogP contribution in [0.15, 0.2) is 41.2 Å². The summed E-state index contributed by atoms with van der Waals surface area (Å²) in [7, 11) is 0. The zero-order chi connectivity index (χ0) is 34.3. The number of hydrazine groups is 1. The van der Waals surface area contributed by atoms with E-state index in [1.54, 1.807) is 19.9 Å². The molecule has 1 aromatic heterocycles. The number of aromatic amines is 1. The van der Waals surface area contributed by atoms with Gasteiger partial charge in [-0.1, -0.05) is 18.1 Å². The molecule has 0 aliphatic heterocycles. The number of rotatable bonds is 15. The van der Waals surface area contributed by atoms with Crippen molar-refractivity contribution in [3.63, 3.8) is 0 Å². The third-order valence-corrected chi connectivity index (χ3v) is 7.32. The van der Waals surface area contributed by atoms with Gasteiger partial charge >= 0.3 is 17.9 Å². The number of halogens is 1. The number of aromatic nitrogens is 2. The first-order chi connectivity index (χ1) is 21.6. The largest absolute Gasteiger partial charge is 0.481 e. The van der Waals surface area contributed by atoms with Gasteiger partial charge in [0.25, 0.3) is 5.56 Å². The Bertz CT molecular complexity index is 1800. The fourth-order valence-corrected chi connectivity index (χ4v) is 5.01. The average molecular weight is 638 g/mol. The van der Waals surface area contributed by atoms with Crippen molar-refractivity contribution in [1.29, 1.82) is 0 Å². The van der Waals surface area contributed by atoms with E-state index in [0.29, 0.717) is 27.5 Å². The van der Waals surface area contributed by atoms with E-state index in [0.717, 1.165) is 17.1 Å². The first-order valence-corrected chi connectivity index (χ1v) is 13.9. The minimum absolute atomic E-state index is 0.148. The maximum Gasteiger partial charge on any atom is 0.339 e. The van der Waals surface area contributed by atoms with Gasteiger partial charge in [-0.05, 0) is 55.7 Å². The number of terminal acetylenes is 1. The van der Waals surface area contributed by atoms with Crippen LogP contribution in [0.25, 0.3) is 10.9 Å². The van der Waals surface area contributed by atoms with Crippen LogP contribution in [0.2, 0.25) is 0 Å². The lowest BCUT2D eigenvalue weighted by Crippen LogP contribution is -2.67. The van der Waals surface area contributed by atoms with E-state index in [1.165, 1.54) is 18.2 Å². The number of nitrogens with zero attached hydrogens (tertiary/aromatic N) is 3. The summed E-state index contributed by atoms with van der Waals surface area (Å²) in [6, 6.07) is 5.84. The third-order valence-electron chi connectivity index (χ3n) is 7.32. The Morgan fingerprint density at radius 3 is 2.37 bits per heavy atom. The van der Waals surface area contributed by atoms with Crippen molar-refractivity contribution in [2.75, 3.05) is 6.54 Å². The topological polar surface area (TPSA) is 224 Å². The molecule has 0 aliphatic rings. The number of aliphatic carboxylic acids is 3. The summed E-state index contributed by atoms with van der Waals surface area (Å²) in [5, 5.41) is 31.1. The van der Waals surface area contributed by atoms with Gasteiger partial charge in [-0.25, -0.2) is 24.2 Å². The minimum Gasteiger partial charge on any atom is -0.481 e. The summed E-state index contributed by atoms with van der Waals surface area (Å²) in [6.07, 6.45) is 2.42. The van der Waals surface area contributed by atoms with Crippen LogP contribution >= 0.6 is 0 Å². The molecule has 0 saturated carbocycles. The molecule has 1 heterocycles. The lowest BCUT2D eigenvalue weighted by atomic mass is 9.83. The van der Waals surface area contributed by atoms with Gasteiger partial charge in [0.05, 0.1) is 23.0 Å². The smallest absolute Gasteiger partial charge is 0.339 e. The molecule has 0 saturated heterocycles. The molecule has 1 amide bonds. The lowest BCUT2D eigenvalue weighted by molar-refractivity contribution is -0.179. The van der Waals surface area contributed by atoms with Crippen LogP contribution < -0.4 is 11.3 Å². The van der Waals surface area contributed by atoms with Crippen molar-refractivity contribution in [3.8, 4) is 12.3 Å². The van der Waals surface area contributed by atoms with E-state index in [-0.39, 0.29) is 5.39 Å². The molecule has 0 spiro atoms. The molecule has 2 atom stereocenters. The van der Waals surface area contributed by atoms with Gasteiger partial charge in [-0.2, -0.15) is 0 Å². The van der Waals surface area contributed by atoms with Gasteiger partial charge in [0, 0.05) is 25.8 Å². The van der Waals surface area contributed by atoms with Crippen LogP contribution in [0.1, 0.15) is 53.0 Å². The highest BCUT2D eigenvalue weighted by atomic mass is 19.1. The second-order valence-corrected chi connectivity index (χ2v) is 10.5. The van der Waals surface area contributed by atoms with E-state index in [1.807, 2.05) is 0 Å². The van der Waals surface area contributed by atoms with Crippen molar-refractivity contribution in [1.82, 2.24) is 20.0 Å². The minimum atomic E-state index is -3.08. The molecule has 3 rings (SSSR count). The summed E-state index contributed by atoms with van der Waals surface area (Å²) in [5.74, 6) is -6.08. The molecule has 15 heteroatoms. The van der Waals surface area contributed by atoms with Gasteiger partial charge in [-0.15, -0.1) is 6.42 Å². The molecule has 14 nitrogen and oxygen atoms in total. The number of benzene rings is 2. The number of fused-ring (bicyclic) bond motifs is 1. The number of aryl methyl sites for hydroxylation is 2. The van der Waals surface area contributed by atoms with E-state index in [4.69, 9.17) is 12.2 Å². The Balaban J connectivity index is 2.33. The molecule has 46 heavy (non-hydrogen) atoms. The Hall–Kier alpha value is -5.46. The van der Waals surface area contributed by atoms with Crippen molar-refractivity contribution in [2.24, 2.45) is 5.73 Å². The lowest BCUT2D eigenvalue weighted by Gasteiger charge is -2.45. The van der Waals surface area contributed by atoms with Crippen LogP contribution in [0.5, 0.6) is 0 Å². The highest BCUT2D eigenvalue weighted by Crippen LogP contribution is 2.33. The summed E-state index contributed by atoms with van der Waals surface area (Å²) in [4.78, 5) is 84.2. The molecule has 242 valence electrons. The highest BCUT2D eigenvalue weighted by molar-refractivity contribution is 6.18. The average Bonchev–Trinajstić information content (AvgIpc) is 2.97. The molecular formula is C31H32FN5O9. The molecule has 0 radical (unpaired) electrons. The summed E-state index contributed by atoms with van der Waals surface area (Å²) in [5.41, 5.74) is 2.50. The number of hydrogen-bond donors (Lipinski definition) is 5. The number of nitrogens with one attached hydrogen (secondary N) is 1.